The maximum absolute atomic E-state index is 5.75. The molecule has 2 bridgehead atoms. The van der Waals surface area contributed by atoms with Gasteiger partial charge in [0.1, 0.15) is 0 Å². The maximum Gasteiger partial charge on any atom is 0.229 e. The van der Waals surface area contributed by atoms with Crippen molar-refractivity contribution in [1.82, 2.24) is 4.90 Å². The average molecular weight is 236 g/mol. The molecule has 0 aliphatic carbocycles. The summed E-state index contributed by atoms with van der Waals surface area (Å²) in [6, 6.07) is 0. The first-order chi connectivity index (χ1) is 8.32. The second-order valence-electron chi connectivity index (χ2n) is 5.29. The minimum absolute atomic E-state index is 0.0694. The Bertz CT molecular complexity index is 334. The Morgan fingerprint density at radius 2 is 2.35 bits per heavy atom. The SMILES string of the molecule is C=CCCOC1=NOC2(C1)CN1CCC2CC1. The van der Waals surface area contributed by atoms with Crippen LogP contribution in [0.4, 0.5) is 0 Å². The summed E-state index contributed by atoms with van der Waals surface area (Å²) in [5.41, 5.74) is -0.0694. The zero-order valence-electron chi connectivity index (χ0n) is 10.2. The molecule has 0 radical (unpaired) electrons. The average Bonchev–Trinajstić information content (AvgIpc) is 2.74. The number of hydrogen-bond acceptors (Lipinski definition) is 4. The van der Waals surface area contributed by atoms with Crippen LogP contribution in [0.2, 0.25) is 0 Å². The van der Waals surface area contributed by atoms with Crippen molar-refractivity contribution >= 4 is 5.90 Å². The summed E-state index contributed by atoms with van der Waals surface area (Å²) in [5.74, 6) is 1.44. The lowest BCUT2D eigenvalue weighted by Crippen LogP contribution is -2.59. The van der Waals surface area contributed by atoms with Crippen LogP contribution in [0, 0.1) is 5.92 Å². The lowest BCUT2D eigenvalue weighted by molar-refractivity contribution is -0.136. The number of oxime groups is 1. The van der Waals surface area contributed by atoms with Gasteiger partial charge < -0.3 is 9.57 Å². The van der Waals surface area contributed by atoms with E-state index < -0.39 is 0 Å². The third-order valence-electron chi connectivity index (χ3n) is 4.19. The Balaban J connectivity index is 1.59. The predicted molar refractivity (Wildman–Crippen MR) is 65.8 cm³/mol. The summed E-state index contributed by atoms with van der Waals surface area (Å²) in [6.45, 7) is 7.82. The van der Waals surface area contributed by atoms with Gasteiger partial charge in [-0.3, -0.25) is 4.90 Å². The van der Waals surface area contributed by atoms with E-state index in [9.17, 15) is 0 Å². The van der Waals surface area contributed by atoms with Crippen molar-refractivity contribution < 1.29 is 9.57 Å². The molecule has 4 heteroatoms. The summed E-state index contributed by atoms with van der Waals surface area (Å²) in [4.78, 5) is 8.24. The zero-order valence-corrected chi connectivity index (χ0v) is 10.2. The molecule has 0 aromatic rings. The van der Waals surface area contributed by atoms with Gasteiger partial charge in [0, 0.05) is 12.5 Å². The van der Waals surface area contributed by atoms with E-state index in [-0.39, 0.29) is 5.60 Å². The van der Waals surface area contributed by atoms with Gasteiger partial charge in [0.2, 0.25) is 5.90 Å². The number of ether oxygens (including phenoxy) is 1. The van der Waals surface area contributed by atoms with E-state index in [0.717, 1.165) is 25.3 Å². The van der Waals surface area contributed by atoms with Crippen molar-refractivity contribution in [2.45, 2.75) is 31.3 Å². The molecule has 4 heterocycles. The second-order valence-corrected chi connectivity index (χ2v) is 5.29. The van der Waals surface area contributed by atoms with E-state index in [1.54, 1.807) is 0 Å². The number of hydrogen-bond donors (Lipinski definition) is 0. The van der Waals surface area contributed by atoms with Crippen LogP contribution in [0.15, 0.2) is 17.8 Å². The molecular formula is C13H20N2O2. The van der Waals surface area contributed by atoms with Crippen LogP contribution >= 0.6 is 0 Å². The van der Waals surface area contributed by atoms with Gasteiger partial charge in [-0.1, -0.05) is 11.2 Å². The van der Waals surface area contributed by atoms with Gasteiger partial charge in [-0.05, 0) is 32.4 Å². The lowest BCUT2D eigenvalue weighted by atomic mass is 9.74. The van der Waals surface area contributed by atoms with Crippen LogP contribution in [0.1, 0.15) is 25.7 Å². The van der Waals surface area contributed by atoms with Gasteiger partial charge in [-0.2, -0.15) is 0 Å². The van der Waals surface area contributed by atoms with Gasteiger partial charge >= 0.3 is 0 Å². The molecule has 0 saturated carbocycles. The minimum atomic E-state index is -0.0694. The predicted octanol–water partition coefficient (Wildman–Crippen LogP) is 1.78. The van der Waals surface area contributed by atoms with Crippen LogP contribution in [0.3, 0.4) is 0 Å². The first-order valence-electron chi connectivity index (χ1n) is 6.53. The fourth-order valence-electron chi connectivity index (χ4n) is 3.23. The van der Waals surface area contributed by atoms with Crippen LogP contribution in [0.5, 0.6) is 0 Å². The standard InChI is InChI=1S/C13H20N2O2/c1-2-3-8-16-12-9-13(17-14-12)10-15-6-4-11(13)5-7-15/h2,11H,1,3-10H2. The summed E-state index contributed by atoms with van der Waals surface area (Å²) in [7, 11) is 0. The van der Waals surface area contributed by atoms with Gasteiger partial charge in [0.15, 0.2) is 5.60 Å². The molecule has 4 aliphatic heterocycles. The minimum Gasteiger partial charge on any atom is -0.478 e. The normalized spacial score (nSPS) is 38.9. The third kappa shape index (κ3) is 1.95. The molecule has 3 fully saturated rings. The Hall–Kier alpha value is -1.03. The largest absolute Gasteiger partial charge is 0.478 e. The van der Waals surface area contributed by atoms with Crippen molar-refractivity contribution in [2.75, 3.05) is 26.2 Å². The smallest absolute Gasteiger partial charge is 0.229 e. The number of fused-ring (bicyclic) bond motifs is 2. The van der Waals surface area contributed by atoms with E-state index in [1.165, 1.54) is 25.9 Å². The molecule has 17 heavy (non-hydrogen) atoms. The summed E-state index contributed by atoms with van der Waals surface area (Å²) in [5, 5.41) is 4.14. The lowest BCUT2D eigenvalue weighted by Gasteiger charge is -2.49. The summed E-state index contributed by atoms with van der Waals surface area (Å²) >= 11 is 0. The molecule has 1 unspecified atom stereocenters. The van der Waals surface area contributed by atoms with Crippen molar-refractivity contribution in [1.29, 1.82) is 0 Å². The highest BCUT2D eigenvalue weighted by Crippen LogP contribution is 2.43. The zero-order chi connectivity index (χ0) is 11.7. The quantitative estimate of drug-likeness (QED) is 0.553. The molecule has 0 N–H and O–H groups in total. The highest BCUT2D eigenvalue weighted by Gasteiger charge is 2.52. The molecule has 1 spiro atoms. The Labute approximate surface area is 102 Å². The fourth-order valence-corrected chi connectivity index (χ4v) is 3.23. The molecule has 0 amide bonds. The monoisotopic (exact) mass is 236 g/mol. The van der Waals surface area contributed by atoms with Gasteiger partial charge in [0.25, 0.3) is 0 Å². The first-order valence-corrected chi connectivity index (χ1v) is 6.53. The Morgan fingerprint density at radius 1 is 1.53 bits per heavy atom. The van der Waals surface area contributed by atoms with Gasteiger partial charge in [-0.15, -0.1) is 6.58 Å². The van der Waals surface area contributed by atoms with Gasteiger partial charge in [-0.25, -0.2) is 0 Å². The molecule has 94 valence electrons. The van der Waals surface area contributed by atoms with Crippen LogP contribution in [0.25, 0.3) is 0 Å². The second kappa shape index (κ2) is 4.33. The fraction of sp³-hybridized carbons (Fsp3) is 0.769. The highest BCUT2D eigenvalue weighted by atomic mass is 16.7. The first kappa shape index (κ1) is 11.1. The number of rotatable bonds is 3. The molecule has 0 aromatic heterocycles. The molecule has 0 aromatic carbocycles. The Morgan fingerprint density at radius 3 is 3.00 bits per heavy atom. The Kier molecular flexibility index (Phi) is 2.82. The van der Waals surface area contributed by atoms with Crippen molar-refractivity contribution in [2.24, 2.45) is 11.1 Å². The molecule has 1 atom stereocenters. The van der Waals surface area contributed by atoms with Crippen LogP contribution in [-0.2, 0) is 9.57 Å². The number of piperidine rings is 3. The van der Waals surface area contributed by atoms with Crippen molar-refractivity contribution in [3.8, 4) is 0 Å². The van der Waals surface area contributed by atoms with Crippen LogP contribution in [-0.4, -0.2) is 42.6 Å². The van der Waals surface area contributed by atoms with Gasteiger partial charge in [0.05, 0.1) is 13.0 Å². The third-order valence-corrected chi connectivity index (χ3v) is 4.19. The highest BCUT2D eigenvalue weighted by molar-refractivity contribution is 5.78. The number of nitrogens with zero attached hydrogens (tertiary/aromatic N) is 2. The topological polar surface area (TPSA) is 34.1 Å². The molecule has 4 aliphatic rings. The van der Waals surface area contributed by atoms with Crippen molar-refractivity contribution in [3.63, 3.8) is 0 Å². The van der Waals surface area contributed by atoms with E-state index in [2.05, 4.69) is 16.6 Å². The van der Waals surface area contributed by atoms with E-state index in [1.807, 2.05) is 6.08 Å². The molecule has 4 rings (SSSR count). The molecule has 4 nitrogen and oxygen atoms in total. The molecule has 3 saturated heterocycles. The summed E-state index contributed by atoms with van der Waals surface area (Å²) in [6.07, 6.45) is 6.07. The van der Waals surface area contributed by atoms with E-state index >= 15 is 0 Å². The van der Waals surface area contributed by atoms with Crippen LogP contribution < -0.4 is 0 Å². The maximum atomic E-state index is 5.75. The van der Waals surface area contributed by atoms with E-state index in [4.69, 9.17) is 9.57 Å². The summed E-state index contributed by atoms with van der Waals surface area (Å²) < 4.78 is 5.61. The van der Waals surface area contributed by atoms with E-state index in [0.29, 0.717) is 12.5 Å². The van der Waals surface area contributed by atoms with Crippen molar-refractivity contribution in [3.05, 3.63) is 12.7 Å². The molecular weight excluding hydrogens is 216 g/mol.